The van der Waals surface area contributed by atoms with Gasteiger partial charge in [-0.1, -0.05) is 0 Å². The molecule has 3 rings (SSSR count). The molecular weight excluding hydrogens is 316 g/mol. The summed E-state index contributed by atoms with van der Waals surface area (Å²) < 4.78 is 23.2. The fourth-order valence-electron chi connectivity index (χ4n) is 3.34. The second-order valence-electron chi connectivity index (χ2n) is 6.52. The van der Waals surface area contributed by atoms with Crippen LogP contribution >= 0.6 is 0 Å². The molecule has 0 unspecified atom stereocenters. The maximum Gasteiger partial charge on any atom is 0.227 e. The van der Waals surface area contributed by atoms with Crippen molar-refractivity contribution in [1.29, 1.82) is 0 Å². The van der Waals surface area contributed by atoms with E-state index in [0.29, 0.717) is 31.8 Å². The van der Waals surface area contributed by atoms with Crippen molar-refractivity contribution in [3.05, 3.63) is 17.1 Å². The Morgan fingerprint density at radius 1 is 1.30 bits per heavy atom. The summed E-state index contributed by atoms with van der Waals surface area (Å²) in [6.07, 6.45) is 1.14. The monoisotopic (exact) mass is 338 g/mol. The molecule has 0 saturated carbocycles. The molecule has 0 aliphatic carbocycles. The third-order valence-electron chi connectivity index (χ3n) is 4.47. The number of carbonyl (C=O) groups is 1. The van der Waals surface area contributed by atoms with Crippen molar-refractivity contribution in [2.75, 3.05) is 37.0 Å². The zero-order valence-electron chi connectivity index (χ0n) is 13.7. The summed E-state index contributed by atoms with van der Waals surface area (Å²) in [7, 11) is 0.851. The molecule has 23 heavy (non-hydrogen) atoms. The Balaban J connectivity index is 1.82. The molecule has 7 nitrogen and oxygen atoms in total. The zero-order chi connectivity index (χ0) is 16.8. The first-order chi connectivity index (χ1) is 10.8. The molecule has 0 N–H and O–H groups in total. The van der Waals surface area contributed by atoms with Gasteiger partial charge in [-0.25, -0.2) is 18.4 Å². The van der Waals surface area contributed by atoms with Crippen LogP contribution in [0.25, 0.3) is 0 Å². The topological polar surface area (TPSA) is 83.5 Å². The SMILES string of the molecule is Cc1nc2c(c(N(C)C)n1)CCN(C(=O)[C@@H]1CCS(=O)(=O)C1)C2. The van der Waals surface area contributed by atoms with Crippen LogP contribution < -0.4 is 4.90 Å². The van der Waals surface area contributed by atoms with E-state index in [0.717, 1.165) is 17.1 Å². The van der Waals surface area contributed by atoms with Gasteiger partial charge >= 0.3 is 0 Å². The van der Waals surface area contributed by atoms with Gasteiger partial charge in [0.25, 0.3) is 0 Å². The highest BCUT2D eigenvalue weighted by molar-refractivity contribution is 7.91. The molecule has 1 fully saturated rings. The van der Waals surface area contributed by atoms with Crippen molar-refractivity contribution in [1.82, 2.24) is 14.9 Å². The molecular formula is C15H22N4O3S. The van der Waals surface area contributed by atoms with Crippen LogP contribution in [0.4, 0.5) is 5.82 Å². The average molecular weight is 338 g/mol. The molecule has 1 aromatic heterocycles. The molecule has 0 spiro atoms. The van der Waals surface area contributed by atoms with Gasteiger partial charge in [-0.2, -0.15) is 0 Å². The van der Waals surface area contributed by atoms with Crippen molar-refractivity contribution in [2.45, 2.75) is 26.3 Å². The second-order valence-corrected chi connectivity index (χ2v) is 8.75. The van der Waals surface area contributed by atoms with Crippen molar-refractivity contribution in [3.63, 3.8) is 0 Å². The van der Waals surface area contributed by atoms with Gasteiger partial charge in [0.1, 0.15) is 11.6 Å². The second kappa shape index (κ2) is 5.74. The Morgan fingerprint density at radius 2 is 2.04 bits per heavy atom. The molecule has 2 aliphatic rings. The minimum atomic E-state index is -3.04. The summed E-state index contributed by atoms with van der Waals surface area (Å²) in [4.78, 5) is 25.3. The highest BCUT2D eigenvalue weighted by Crippen LogP contribution is 2.28. The third kappa shape index (κ3) is 3.17. The van der Waals surface area contributed by atoms with Gasteiger partial charge in [0, 0.05) is 26.2 Å². The Morgan fingerprint density at radius 3 is 2.65 bits per heavy atom. The van der Waals surface area contributed by atoms with Crippen LogP contribution in [0.15, 0.2) is 0 Å². The normalized spacial score (nSPS) is 22.7. The minimum Gasteiger partial charge on any atom is -0.362 e. The van der Waals surface area contributed by atoms with Gasteiger partial charge < -0.3 is 9.80 Å². The first-order valence-electron chi connectivity index (χ1n) is 7.80. The Kier molecular flexibility index (Phi) is 4.03. The quantitative estimate of drug-likeness (QED) is 0.764. The van der Waals surface area contributed by atoms with Gasteiger partial charge in [-0.05, 0) is 19.8 Å². The summed E-state index contributed by atoms with van der Waals surface area (Å²) in [6.45, 7) is 2.88. The lowest BCUT2D eigenvalue weighted by Gasteiger charge is -2.31. The van der Waals surface area contributed by atoms with Crippen LogP contribution in [0, 0.1) is 12.8 Å². The van der Waals surface area contributed by atoms with Crippen molar-refractivity contribution >= 4 is 21.6 Å². The van der Waals surface area contributed by atoms with Gasteiger partial charge in [-0.15, -0.1) is 0 Å². The standard InChI is InChI=1S/C15H22N4O3S/c1-10-16-13-8-19(6-4-12(13)14(17-10)18(2)3)15(20)11-5-7-23(21,22)9-11/h11H,4-9H2,1-3H3/t11-/m1/s1. The summed E-state index contributed by atoms with van der Waals surface area (Å²) in [5.74, 6) is 1.26. The van der Waals surface area contributed by atoms with E-state index in [1.165, 1.54) is 0 Å². The van der Waals surface area contributed by atoms with Crippen LogP contribution in [0.2, 0.25) is 0 Å². The van der Waals surface area contributed by atoms with E-state index < -0.39 is 15.8 Å². The van der Waals surface area contributed by atoms with Crippen LogP contribution in [0.1, 0.15) is 23.5 Å². The van der Waals surface area contributed by atoms with E-state index >= 15 is 0 Å². The van der Waals surface area contributed by atoms with E-state index in [1.54, 1.807) is 4.90 Å². The molecule has 2 aliphatic heterocycles. The van der Waals surface area contributed by atoms with Crippen LogP contribution in [0.5, 0.6) is 0 Å². The zero-order valence-corrected chi connectivity index (χ0v) is 14.6. The fourth-order valence-corrected chi connectivity index (χ4v) is 5.07. The van der Waals surface area contributed by atoms with Crippen molar-refractivity contribution < 1.29 is 13.2 Å². The summed E-state index contributed by atoms with van der Waals surface area (Å²) in [6, 6.07) is 0. The van der Waals surface area contributed by atoms with E-state index in [4.69, 9.17) is 0 Å². The first kappa shape index (κ1) is 16.2. The molecule has 1 saturated heterocycles. The fraction of sp³-hybridized carbons (Fsp3) is 0.667. The molecule has 126 valence electrons. The number of hydrogen-bond acceptors (Lipinski definition) is 6. The average Bonchev–Trinajstić information content (AvgIpc) is 2.85. The molecule has 1 atom stereocenters. The predicted molar refractivity (Wildman–Crippen MR) is 87.0 cm³/mol. The number of nitrogens with zero attached hydrogens (tertiary/aromatic N) is 4. The largest absolute Gasteiger partial charge is 0.362 e. The van der Waals surface area contributed by atoms with E-state index in [1.807, 2.05) is 25.9 Å². The maximum absolute atomic E-state index is 12.6. The first-order valence-corrected chi connectivity index (χ1v) is 9.62. The molecule has 8 heteroatoms. The molecule has 1 aromatic rings. The number of fused-ring (bicyclic) bond motifs is 1. The molecule has 0 bridgehead atoms. The number of aryl methyl sites for hydroxylation is 1. The summed E-state index contributed by atoms with van der Waals surface area (Å²) in [5.41, 5.74) is 1.96. The number of carbonyl (C=O) groups excluding carboxylic acids is 1. The Labute approximate surface area is 136 Å². The number of amides is 1. The smallest absolute Gasteiger partial charge is 0.227 e. The summed E-state index contributed by atoms with van der Waals surface area (Å²) in [5, 5.41) is 0. The third-order valence-corrected chi connectivity index (χ3v) is 6.24. The molecule has 3 heterocycles. The van der Waals surface area contributed by atoms with Crippen LogP contribution in [-0.2, 0) is 27.6 Å². The van der Waals surface area contributed by atoms with Crippen LogP contribution in [0.3, 0.4) is 0 Å². The molecule has 0 aromatic carbocycles. The lowest BCUT2D eigenvalue weighted by Crippen LogP contribution is -2.41. The lowest BCUT2D eigenvalue weighted by molar-refractivity contribution is -0.135. The summed E-state index contributed by atoms with van der Waals surface area (Å²) >= 11 is 0. The van der Waals surface area contributed by atoms with Crippen LogP contribution in [-0.4, -0.2) is 61.3 Å². The van der Waals surface area contributed by atoms with Gasteiger partial charge in [0.15, 0.2) is 9.84 Å². The predicted octanol–water partition coefficient (Wildman–Crippen LogP) is 0.170. The minimum absolute atomic E-state index is 0.0130. The maximum atomic E-state index is 12.6. The Hall–Kier alpha value is -1.70. The number of aromatic nitrogens is 2. The number of rotatable bonds is 2. The van der Waals surface area contributed by atoms with E-state index in [9.17, 15) is 13.2 Å². The Bertz CT molecular complexity index is 745. The van der Waals surface area contributed by atoms with Crippen molar-refractivity contribution in [2.24, 2.45) is 5.92 Å². The van der Waals surface area contributed by atoms with E-state index in [-0.39, 0.29) is 17.4 Å². The number of sulfone groups is 1. The molecule has 1 amide bonds. The number of hydrogen-bond donors (Lipinski definition) is 0. The lowest BCUT2D eigenvalue weighted by atomic mass is 10.0. The number of anilines is 1. The van der Waals surface area contributed by atoms with Gasteiger partial charge in [0.05, 0.1) is 29.7 Å². The van der Waals surface area contributed by atoms with Gasteiger partial charge in [-0.3, -0.25) is 4.79 Å². The van der Waals surface area contributed by atoms with E-state index in [2.05, 4.69) is 9.97 Å². The molecule has 0 radical (unpaired) electrons. The van der Waals surface area contributed by atoms with Gasteiger partial charge in [0.2, 0.25) is 5.91 Å². The highest BCUT2D eigenvalue weighted by Gasteiger charge is 2.36. The highest BCUT2D eigenvalue weighted by atomic mass is 32.2. The van der Waals surface area contributed by atoms with Crippen molar-refractivity contribution in [3.8, 4) is 0 Å².